The number of rotatable bonds is 6. The number of methoxy groups -OCH3 is 2. The number of ether oxygens (including phenoxy) is 2. The van der Waals surface area contributed by atoms with Crippen molar-refractivity contribution < 1.29 is 14.3 Å². The van der Waals surface area contributed by atoms with E-state index in [1.807, 2.05) is 17.7 Å². The van der Waals surface area contributed by atoms with Gasteiger partial charge in [-0.3, -0.25) is 4.79 Å². The van der Waals surface area contributed by atoms with E-state index < -0.39 is 0 Å². The Hall–Kier alpha value is -2.50. The van der Waals surface area contributed by atoms with Gasteiger partial charge in [0.05, 0.1) is 20.5 Å². The summed E-state index contributed by atoms with van der Waals surface area (Å²) in [5, 5.41) is 2.85. The third kappa shape index (κ3) is 3.98. The number of benzene rings is 1. The maximum atomic E-state index is 12.1. The average molecular weight is 289 g/mol. The van der Waals surface area contributed by atoms with Crippen LogP contribution >= 0.6 is 0 Å². The molecule has 0 unspecified atom stereocenters. The molecule has 1 amide bonds. The Morgan fingerprint density at radius 1 is 1.29 bits per heavy atom. The van der Waals surface area contributed by atoms with Crippen molar-refractivity contribution in [1.29, 1.82) is 0 Å². The molecule has 1 aromatic heterocycles. The highest BCUT2D eigenvalue weighted by Crippen LogP contribution is 2.26. The van der Waals surface area contributed by atoms with E-state index in [0.717, 1.165) is 0 Å². The third-order valence-corrected chi connectivity index (χ3v) is 3.15. The Morgan fingerprint density at radius 2 is 1.95 bits per heavy atom. The van der Waals surface area contributed by atoms with Gasteiger partial charge in [0, 0.05) is 48.7 Å². The summed E-state index contributed by atoms with van der Waals surface area (Å²) >= 11 is 0. The zero-order valence-electron chi connectivity index (χ0n) is 12.4. The van der Waals surface area contributed by atoms with Crippen molar-refractivity contribution in [2.75, 3.05) is 19.5 Å². The first-order valence-corrected chi connectivity index (χ1v) is 6.62. The molecule has 0 aliphatic heterocycles. The van der Waals surface area contributed by atoms with Crippen LogP contribution in [0.2, 0.25) is 0 Å². The topological polar surface area (TPSA) is 65.4 Å². The Balaban J connectivity index is 2.02. The zero-order valence-corrected chi connectivity index (χ0v) is 12.4. The van der Waals surface area contributed by atoms with Crippen molar-refractivity contribution in [3.63, 3.8) is 0 Å². The summed E-state index contributed by atoms with van der Waals surface area (Å²) in [6.07, 6.45) is 5.59. The fraction of sp³-hybridized carbons (Fsp3) is 0.333. The number of hydrogen-bond donors (Lipinski definition) is 1. The molecular formula is C15H19N3O3. The van der Waals surface area contributed by atoms with Gasteiger partial charge in [0.1, 0.15) is 11.5 Å². The number of anilines is 1. The van der Waals surface area contributed by atoms with E-state index in [-0.39, 0.29) is 11.9 Å². The lowest BCUT2D eigenvalue weighted by Crippen LogP contribution is -2.17. The normalized spacial score (nSPS) is 11.8. The van der Waals surface area contributed by atoms with Crippen molar-refractivity contribution in [3.8, 4) is 11.5 Å². The average Bonchev–Trinajstić information content (AvgIpc) is 3.00. The monoisotopic (exact) mass is 289 g/mol. The number of carbonyl (C=O) groups excluding carboxylic acids is 1. The van der Waals surface area contributed by atoms with Crippen molar-refractivity contribution in [2.45, 2.75) is 19.4 Å². The van der Waals surface area contributed by atoms with Gasteiger partial charge in [0.2, 0.25) is 5.91 Å². The molecule has 1 atom stereocenters. The number of nitrogens with zero attached hydrogens (tertiary/aromatic N) is 2. The number of nitrogens with one attached hydrogen (secondary N) is 1. The first-order valence-electron chi connectivity index (χ1n) is 6.62. The first kappa shape index (κ1) is 14.9. The lowest BCUT2D eigenvalue weighted by atomic mass is 10.2. The van der Waals surface area contributed by atoms with E-state index in [1.54, 1.807) is 44.9 Å². The molecule has 0 spiro atoms. The summed E-state index contributed by atoms with van der Waals surface area (Å²) < 4.78 is 12.2. The first-order chi connectivity index (χ1) is 10.1. The Bertz CT molecular complexity index is 574. The second kappa shape index (κ2) is 6.78. The minimum atomic E-state index is -0.0773. The molecule has 6 nitrogen and oxygen atoms in total. The summed E-state index contributed by atoms with van der Waals surface area (Å²) in [5.74, 6) is 1.19. The fourth-order valence-corrected chi connectivity index (χ4v) is 2.00. The lowest BCUT2D eigenvalue weighted by Gasteiger charge is -2.14. The maximum absolute atomic E-state index is 12.1. The van der Waals surface area contributed by atoms with Crippen LogP contribution in [0, 0.1) is 0 Å². The quantitative estimate of drug-likeness (QED) is 0.887. The Labute approximate surface area is 123 Å². The molecule has 2 rings (SSSR count). The van der Waals surface area contributed by atoms with E-state index in [2.05, 4.69) is 10.3 Å². The van der Waals surface area contributed by atoms with Crippen molar-refractivity contribution >= 4 is 11.6 Å². The van der Waals surface area contributed by atoms with Gasteiger partial charge in [-0.05, 0) is 6.92 Å². The summed E-state index contributed by atoms with van der Waals surface area (Å²) in [5.41, 5.74) is 0.647. The predicted molar refractivity (Wildman–Crippen MR) is 79.7 cm³/mol. The van der Waals surface area contributed by atoms with Crippen LogP contribution in [0.3, 0.4) is 0 Å². The molecule has 0 aliphatic carbocycles. The fourth-order valence-electron chi connectivity index (χ4n) is 2.00. The number of aromatic nitrogens is 2. The van der Waals surface area contributed by atoms with Crippen molar-refractivity contribution in [1.82, 2.24) is 9.55 Å². The van der Waals surface area contributed by atoms with Gasteiger partial charge in [-0.15, -0.1) is 0 Å². The molecule has 0 fully saturated rings. The van der Waals surface area contributed by atoms with Crippen LogP contribution in [0.4, 0.5) is 5.69 Å². The minimum absolute atomic E-state index is 0.0417. The second-order valence-electron chi connectivity index (χ2n) is 4.71. The third-order valence-electron chi connectivity index (χ3n) is 3.15. The molecule has 1 N–H and O–H groups in total. The highest BCUT2D eigenvalue weighted by Gasteiger charge is 2.11. The highest BCUT2D eigenvalue weighted by molar-refractivity contribution is 5.91. The van der Waals surface area contributed by atoms with Gasteiger partial charge in [-0.2, -0.15) is 0 Å². The highest BCUT2D eigenvalue weighted by atomic mass is 16.5. The SMILES string of the molecule is COc1cc(NC(=O)C[C@@H](C)n2ccnc2)cc(OC)c1. The molecule has 2 aromatic rings. The van der Waals surface area contributed by atoms with Crippen LogP contribution in [0.15, 0.2) is 36.9 Å². The van der Waals surface area contributed by atoms with Gasteiger partial charge in [0.25, 0.3) is 0 Å². The largest absolute Gasteiger partial charge is 0.497 e. The molecule has 0 saturated heterocycles. The maximum Gasteiger partial charge on any atom is 0.226 e. The van der Waals surface area contributed by atoms with Gasteiger partial charge < -0.3 is 19.4 Å². The van der Waals surface area contributed by atoms with Crippen LogP contribution in [-0.4, -0.2) is 29.7 Å². The second-order valence-corrected chi connectivity index (χ2v) is 4.71. The Morgan fingerprint density at radius 3 is 2.48 bits per heavy atom. The zero-order chi connectivity index (χ0) is 15.2. The van der Waals surface area contributed by atoms with E-state index in [1.165, 1.54) is 0 Å². The van der Waals surface area contributed by atoms with E-state index in [0.29, 0.717) is 23.6 Å². The molecule has 1 heterocycles. The van der Waals surface area contributed by atoms with Gasteiger partial charge in [0.15, 0.2) is 0 Å². The van der Waals surface area contributed by atoms with Gasteiger partial charge >= 0.3 is 0 Å². The van der Waals surface area contributed by atoms with Crippen LogP contribution < -0.4 is 14.8 Å². The molecular weight excluding hydrogens is 270 g/mol. The summed E-state index contributed by atoms with van der Waals surface area (Å²) in [6.45, 7) is 1.97. The number of carbonyl (C=O) groups is 1. The van der Waals surface area contributed by atoms with Crippen LogP contribution in [0.5, 0.6) is 11.5 Å². The van der Waals surface area contributed by atoms with Crippen LogP contribution in [0.1, 0.15) is 19.4 Å². The van der Waals surface area contributed by atoms with E-state index >= 15 is 0 Å². The molecule has 0 radical (unpaired) electrons. The van der Waals surface area contributed by atoms with Crippen molar-refractivity contribution in [2.24, 2.45) is 0 Å². The lowest BCUT2D eigenvalue weighted by molar-refractivity contribution is -0.116. The van der Waals surface area contributed by atoms with E-state index in [4.69, 9.17) is 9.47 Å². The number of imidazole rings is 1. The summed E-state index contributed by atoms with van der Waals surface area (Å²) in [4.78, 5) is 16.1. The van der Waals surface area contributed by atoms with E-state index in [9.17, 15) is 4.79 Å². The Kier molecular flexibility index (Phi) is 4.81. The predicted octanol–water partition coefficient (Wildman–Crippen LogP) is 2.49. The molecule has 112 valence electrons. The van der Waals surface area contributed by atoms with Crippen LogP contribution in [0.25, 0.3) is 0 Å². The molecule has 0 aliphatic rings. The van der Waals surface area contributed by atoms with Gasteiger partial charge in [-0.1, -0.05) is 0 Å². The molecule has 0 saturated carbocycles. The number of hydrogen-bond acceptors (Lipinski definition) is 4. The molecule has 1 aromatic carbocycles. The number of amides is 1. The molecule has 6 heteroatoms. The van der Waals surface area contributed by atoms with Crippen LogP contribution in [-0.2, 0) is 4.79 Å². The van der Waals surface area contributed by atoms with Crippen molar-refractivity contribution in [3.05, 3.63) is 36.9 Å². The standard InChI is InChI=1S/C15H19N3O3/c1-11(18-5-4-16-10-18)6-15(19)17-12-7-13(20-2)9-14(8-12)21-3/h4-5,7-11H,6H2,1-3H3,(H,17,19)/t11-/m1/s1. The molecule has 0 bridgehead atoms. The van der Waals surface area contributed by atoms with Gasteiger partial charge in [-0.25, -0.2) is 4.98 Å². The summed E-state index contributed by atoms with van der Waals surface area (Å²) in [6, 6.07) is 5.30. The smallest absolute Gasteiger partial charge is 0.226 e. The molecule has 21 heavy (non-hydrogen) atoms. The summed E-state index contributed by atoms with van der Waals surface area (Å²) in [7, 11) is 3.14. The minimum Gasteiger partial charge on any atom is -0.497 e.